The molecule has 2 N–H and O–H groups in total. The van der Waals surface area contributed by atoms with Crippen molar-refractivity contribution < 1.29 is 5.11 Å². The summed E-state index contributed by atoms with van der Waals surface area (Å²) >= 11 is 0. The van der Waals surface area contributed by atoms with Crippen LogP contribution in [0, 0.1) is 0 Å². The zero-order chi connectivity index (χ0) is 13.7. The Morgan fingerprint density at radius 2 is 2.16 bits per heavy atom. The van der Waals surface area contributed by atoms with Gasteiger partial charge in [0.25, 0.3) is 0 Å². The fraction of sp³-hybridized carbons (Fsp3) is 0.357. The highest BCUT2D eigenvalue weighted by Crippen LogP contribution is 2.16. The highest BCUT2D eigenvalue weighted by molar-refractivity contribution is 5.53. The second kappa shape index (κ2) is 6.24. The quantitative estimate of drug-likeness (QED) is 0.857. The molecule has 0 fully saturated rings. The topological polar surface area (TPSA) is 70.9 Å². The van der Waals surface area contributed by atoms with Gasteiger partial charge in [-0.25, -0.2) is 9.97 Å². The van der Waals surface area contributed by atoms with Crippen molar-refractivity contribution in [2.24, 2.45) is 0 Å². The molecule has 0 radical (unpaired) electrons. The van der Waals surface area contributed by atoms with Crippen molar-refractivity contribution in [1.29, 1.82) is 0 Å². The number of aromatic nitrogens is 3. The molecule has 1 atom stereocenters. The Bertz CT molecular complexity index is 530. The summed E-state index contributed by atoms with van der Waals surface area (Å²) in [5.41, 5.74) is 1.70. The Labute approximate surface area is 112 Å². The van der Waals surface area contributed by atoms with Gasteiger partial charge in [-0.3, -0.25) is 4.98 Å². The Hall–Kier alpha value is -2.01. The fourth-order valence-electron chi connectivity index (χ4n) is 1.66. The van der Waals surface area contributed by atoms with E-state index in [1.165, 1.54) is 0 Å². The molecule has 1 unspecified atom stereocenters. The number of hydrogen-bond donors (Lipinski definition) is 2. The molecule has 2 rings (SSSR count). The molecule has 0 bridgehead atoms. The first kappa shape index (κ1) is 13.4. The standard InChI is InChI=1S/C14H18N4O/c1-3-11-8-13(16-10(2)9-19)18-14(17-11)12-6-4-5-7-15-12/h4-8,10,19H,3,9H2,1-2H3,(H,16,17,18). The van der Waals surface area contributed by atoms with Crippen molar-refractivity contribution in [3.05, 3.63) is 36.2 Å². The summed E-state index contributed by atoms with van der Waals surface area (Å²) in [6.07, 6.45) is 2.55. The van der Waals surface area contributed by atoms with Gasteiger partial charge in [0.1, 0.15) is 11.5 Å². The number of aliphatic hydroxyl groups is 1. The van der Waals surface area contributed by atoms with Crippen LogP contribution in [-0.4, -0.2) is 32.7 Å². The van der Waals surface area contributed by atoms with Crippen LogP contribution in [0.25, 0.3) is 11.5 Å². The summed E-state index contributed by atoms with van der Waals surface area (Å²) in [6, 6.07) is 7.51. The molecule has 5 heteroatoms. The van der Waals surface area contributed by atoms with E-state index in [0.29, 0.717) is 11.6 Å². The maximum absolute atomic E-state index is 9.09. The third kappa shape index (κ3) is 3.48. The van der Waals surface area contributed by atoms with Crippen molar-refractivity contribution in [3.8, 4) is 11.5 Å². The molecule has 100 valence electrons. The third-order valence-corrected chi connectivity index (χ3v) is 2.70. The molecule has 0 saturated heterocycles. The lowest BCUT2D eigenvalue weighted by atomic mass is 10.2. The average molecular weight is 258 g/mol. The Morgan fingerprint density at radius 3 is 2.79 bits per heavy atom. The van der Waals surface area contributed by atoms with Gasteiger partial charge in [0.15, 0.2) is 5.82 Å². The average Bonchev–Trinajstić information content (AvgIpc) is 2.47. The molecular formula is C14H18N4O. The van der Waals surface area contributed by atoms with Crippen LogP contribution in [0.2, 0.25) is 0 Å². The van der Waals surface area contributed by atoms with Gasteiger partial charge in [0, 0.05) is 24.0 Å². The third-order valence-electron chi connectivity index (χ3n) is 2.70. The summed E-state index contributed by atoms with van der Waals surface area (Å²) in [5.74, 6) is 1.32. The minimum Gasteiger partial charge on any atom is -0.394 e. The first-order valence-electron chi connectivity index (χ1n) is 6.39. The normalized spacial score (nSPS) is 12.2. The lowest BCUT2D eigenvalue weighted by Crippen LogP contribution is -2.20. The predicted molar refractivity (Wildman–Crippen MR) is 74.8 cm³/mol. The molecule has 0 saturated carbocycles. The van der Waals surface area contributed by atoms with Crippen LogP contribution in [-0.2, 0) is 6.42 Å². The van der Waals surface area contributed by atoms with E-state index in [2.05, 4.69) is 20.3 Å². The van der Waals surface area contributed by atoms with Gasteiger partial charge in [-0.1, -0.05) is 13.0 Å². The van der Waals surface area contributed by atoms with E-state index in [1.54, 1.807) is 6.20 Å². The van der Waals surface area contributed by atoms with E-state index in [4.69, 9.17) is 5.11 Å². The van der Waals surface area contributed by atoms with Crippen molar-refractivity contribution >= 4 is 5.82 Å². The SMILES string of the molecule is CCc1cc(NC(C)CO)nc(-c2ccccn2)n1. The number of aliphatic hydroxyl groups excluding tert-OH is 1. The smallest absolute Gasteiger partial charge is 0.180 e. The summed E-state index contributed by atoms with van der Waals surface area (Å²) < 4.78 is 0. The van der Waals surface area contributed by atoms with Gasteiger partial charge in [-0.15, -0.1) is 0 Å². The van der Waals surface area contributed by atoms with E-state index >= 15 is 0 Å². The number of anilines is 1. The number of rotatable bonds is 5. The van der Waals surface area contributed by atoms with Crippen molar-refractivity contribution in [1.82, 2.24) is 15.0 Å². The summed E-state index contributed by atoms with van der Waals surface area (Å²) in [4.78, 5) is 13.2. The lowest BCUT2D eigenvalue weighted by molar-refractivity contribution is 0.281. The van der Waals surface area contributed by atoms with Gasteiger partial charge in [-0.05, 0) is 25.5 Å². The Kier molecular flexibility index (Phi) is 4.41. The van der Waals surface area contributed by atoms with E-state index in [-0.39, 0.29) is 12.6 Å². The number of pyridine rings is 1. The maximum atomic E-state index is 9.09. The van der Waals surface area contributed by atoms with Crippen molar-refractivity contribution in [2.75, 3.05) is 11.9 Å². The molecule has 0 aliphatic rings. The molecular weight excluding hydrogens is 240 g/mol. The van der Waals surface area contributed by atoms with Gasteiger partial charge in [-0.2, -0.15) is 0 Å². The number of nitrogens with one attached hydrogen (secondary N) is 1. The number of hydrogen-bond acceptors (Lipinski definition) is 5. The Balaban J connectivity index is 2.36. The summed E-state index contributed by atoms with van der Waals surface area (Å²) in [5, 5.41) is 12.2. The van der Waals surface area contributed by atoms with Crippen LogP contribution < -0.4 is 5.32 Å². The van der Waals surface area contributed by atoms with Gasteiger partial charge in [0.05, 0.1) is 6.61 Å². The highest BCUT2D eigenvalue weighted by atomic mass is 16.3. The van der Waals surface area contributed by atoms with Crippen LogP contribution in [0.15, 0.2) is 30.5 Å². The van der Waals surface area contributed by atoms with Gasteiger partial charge in [0.2, 0.25) is 0 Å². The molecule has 5 nitrogen and oxygen atoms in total. The van der Waals surface area contributed by atoms with Crippen LogP contribution in [0.4, 0.5) is 5.82 Å². The van der Waals surface area contributed by atoms with Crippen LogP contribution in [0.1, 0.15) is 19.5 Å². The predicted octanol–water partition coefficient (Wildman–Crippen LogP) is 1.89. The van der Waals surface area contributed by atoms with E-state index in [0.717, 1.165) is 17.8 Å². The van der Waals surface area contributed by atoms with E-state index in [1.807, 2.05) is 38.1 Å². The molecule has 0 aliphatic heterocycles. The van der Waals surface area contributed by atoms with Gasteiger partial charge >= 0.3 is 0 Å². The number of aryl methyl sites for hydroxylation is 1. The minimum absolute atomic E-state index is 0.0452. The molecule has 2 aromatic heterocycles. The van der Waals surface area contributed by atoms with E-state index in [9.17, 15) is 0 Å². The second-order valence-electron chi connectivity index (χ2n) is 4.36. The van der Waals surface area contributed by atoms with Crippen LogP contribution >= 0.6 is 0 Å². The first-order chi connectivity index (χ1) is 9.22. The number of nitrogens with zero attached hydrogens (tertiary/aromatic N) is 3. The van der Waals surface area contributed by atoms with E-state index < -0.39 is 0 Å². The second-order valence-corrected chi connectivity index (χ2v) is 4.36. The van der Waals surface area contributed by atoms with Gasteiger partial charge < -0.3 is 10.4 Å². The van der Waals surface area contributed by atoms with Crippen molar-refractivity contribution in [2.45, 2.75) is 26.3 Å². The van der Waals surface area contributed by atoms with Crippen LogP contribution in [0.5, 0.6) is 0 Å². The summed E-state index contributed by atoms with van der Waals surface area (Å²) in [7, 11) is 0. The molecule has 2 heterocycles. The largest absolute Gasteiger partial charge is 0.394 e. The van der Waals surface area contributed by atoms with Crippen molar-refractivity contribution in [3.63, 3.8) is 0 Å². The maximum Gasteiger partial charge on any atom is 0.180 e. The van der Waals surface area contributed by atoms with Crippen LogP contribution in [0.3, 0.4) is 0 Å². The molecule has 0 amide bonds. The molecule has 19 heavy (non-hydrogen) atoms. The Morgan fingerprint density at radius 1 is 1.32 bits per heavy atom. The first-order valence-corrected chi connectivity index (χ1v) is 6.39. The molecule has 2 aromatic rings. The molecule has 0 spiro atoms. The zero-order valence-corrected chi connectivity index (χ0v) is 11.2. The monoisotopic (exact) mass is 258 g/mol. The highest BCUT2D eigenvalue weighted by Gasteiger charge is 2.08. The lowest BCUT2D eigenvalue weighted by Gasteiger charge is -2.13. The zero-order valence-electron chi connectivity index (χ0n) is 11.2. The summed E-state index contributed by atoms with van der Waals surface area (Å²) in [6.45, 7) is 4.00. The molecule has 0 aromatic carbocycles. The molecule has 0 aliphatic carbocycles. The minimum atomic E-state index is -0.0452. The fourth-order valence-corrected chi connectivity index (χ4v) is 1.66.